The molecule has 3 nitrogen and oxygen atoms in total. The Balaban J connectivity index is 1.89. The third kappa shape index (κ3) is 3.91. The van der Waals surface area contributed by atoms with E-state index in [1.165, 1.54) is 16.7 Å². The number of benzene rings is 1. The third-order valence-electron chi connectivity index (χ3n) is 3.60. The summed E-state index contributed by atoms with van der Waals surface area (Å²) < 4.78 is 5.56. The Morgan fingerprint density at radius 3 is 2.68 bits per heavy atom. The minimum absolute atomic E-state index is 0.306. The molecule has 2 rings (SSSR count). The minimum atomic E-state index is 0.306. The summed E-state index contributed by atoms with van der Waals surface area (Å²) in [5.74, 6) is 0. The Morgan fingerprint density at radius 2 is 2.00 bits per heavy atom. The van der Waals surface area contributed by atoms with Crippen LogP contribution in [0.3, 0.4) is 0 Å². The van der Waals surface area contributed by atoms with Gasteiger partial charge in [-0.2, -0.15) is 0 Å². The molecule has 2 N–H and O–H groups in total. The second kappa shape index (κ2) is 6.35. The first-order valence-corrected chi connectivity index (χ1v) is 7.21. The van der Waals surface area contributed by atoms with Crippen molar-refractivity contribution >= 4 is 23.0 Å². The molecule has 0 radical (unpaired) electrons. The Morgan fingerprint density at radius 1 is 1.26 bits per heavy atom. The minimum Gasteiger partial charge on any atom is -0.376 e. The van der Waals surface area contributed by atoms with Gasteiger partial charge in [0.2, 0.25) is 0 Å². The van der Waals surface area contributed by atoms with Gasteiger partial charge in [0.15, 0.2) is 5.11 Å². The first-order chi connectivity index (χ1) is 9.06. The zero-order chi connectivity index (χ0) is 13.8. The zero-order valence-electron chi connectivity index (χ0n) is 11.9. The molecule has 0 amide bonds. The van der Waals surface area contributed by atoms with Crippen LogP contribution in [0.15, 0.2) is 12.1 Å². The molecule has 1 heterocycles. The fraction of sp³-hybridized carbons (Fsp3) is 0.533. The SMILES string of the molecule is Cc1cc(C)c(NC(=S)NCC2CCCO2)cc1C. The van der Waals surface area contributed by atoms with Crippen LogP contribution in [0, 0.1) is 20.8 Å². The summed E-state index contributed by atoms with van der Waals surface area (Å²) in [6, 6.07) is 4.32. The van der Waals surface area contributed by atoms with E-state index >= 15 is 0 Å². The molecule has 1 atom stereocenters. The quantitative estimate of drug-likeness (QED) is 0.833. The largest absolute Gasteiger partial charge is 0.376 e. The summed E-state index contributed by atoms with van der Waals surface area (Å²) >= 11 is 5.33. The van der Waals surface area contributed by atoms with Gasteiger partial charge >= 0.3 is 0 Å². The van der Waals surface area contributed by atoms with Crippen molar-refractivity contribution in [1.29, 1.82) is 0 Å². The van der Waals surface area contributed by atoms with Crippen molar-refractivity contribution in [2.75, 3.05) is 18.5 Å². The molecule has 0 bridgehead atoms. The molecule has 1 aliphatic rings. The van der Waals surface area contributed by atoms with Gasteiger partial charge in [0, 0.05) is 18.8 Å². The molecule has 0 saturated carbocycles. The highest BCUT2D eigenvalue weighted by atomic mass is 32.1. The lowest BCUT2D eigenvalue weighted by Crippen LogP contribution is -2.35. The van der Waals surface area contributed by atoms with Crippen molar-refractivity contribution in [3.05, 3.63) is 28.8 Å². The summed E-state index contributed by atoms with van der Waals surface area (Å²) in [5, 5.41) is 7.17. The van der Waals surface area contributed by atoms with Crippen LogP contribution in [-0.2, 0) is 4.74 Å². The number of rotatable bonds is 3. The number of hydrogen-bond acceptors (Lipinski definition) is 2. The van der Waals surface area contributed by atoms with Gasteiger partial charge in [-0.1, -0.05) is 6.07 Å². The first kappa shape index (κ1) is 14.3. The van der Waals surface area contributed by atoms with Crippen LogP contribution >= 0.6 is 12.2 Å². The Hall–Kier alpha value is -1.13. The normalized spacial score (nSPS) is 18.4. The highest BCUT2D eigenvalue weighted by molar-refractivity contribution is 7.80. The van der Waals surface area contributed by atoms with Gasteiger partial charge in [-0.15, -0.1) is 0 Å². The number of hydrogen-bond donors (Lipinski definition) is 2. The molecule has 4 heteroatoms. The summed E-state index contributed by atoms with van der Waals surface area (Å²) in [4.78, 5) is 0. The van der Waals surface area contributed by atoms with Gasteiger partial charge < -0.3 is 15.4 Å². The maximum atomic E-state index is 5.56. The first-order valence-electron chi connectivity index (χ1n) is 6.80. The summed E-state index contributed by atoms with van der Waals surface area (Å²) in [6.45, 7) is 8.00. The molecule has 0 aliphatic carbocycles. The van der Waals surface area contributed by atoms with E-state index in [-0.39, 0.29) is 0 Å². The lowest BCUT2D eigenvalue weighted by Gasteiger charge is -2.16. The Labute approximate surface area is 120 Å². The van der Waals surface area contributed by atoms with Gasteiger partial charge in [-0.25, -0.2) is 0 Å². The van der Waals surface area contributed by atoms with E-state index in [4.69, 9.17) is 17.0 Å². The molecule has 104 valence electrons. The highest BCUT2D eigenvalue weighted by Gasteiger charge is 2.15. The smallest absolute Gasteiger partial charge is 0.170 e. The van der Waals surface area contributed by atoms with Crippen molar-refractivity contribution in [3.8, 4) is 0 Å². The second-order valence-corrected chi connectivity index (χ2v) is 5.63. The van der Waals surface area contributed by atoms with Gasteiger partial charge in [0.25, 0.3) is 0 Å². The van der Waals surface area contributed by atoms with Crippen LogP contribution in [0.1, 0.15) is 29.5 Å². The standard InChI is InChI=1S/C15H22N2OS/c1-10-7-12(3)14(8-11(10)2)17-15(19)16-9-13-5-4-6-18-13/h7-8,13H,4-6,9H2,1-3H3,(H2,16,17,19). The number of thiocarbonyl (C=S) groups is 1. The Bertz CT molecular complexity index is 467. The predicted molar refractivity (Wildman–Crippen MR) is 83.9 cm³/mol. The van der Waals surface area contributed by atoms with Crippen LogP contribution in [-0.4, -0.2) is 24.4 Å². The van der Waals surface area contributed by atoms with Crippen molar-refractivity contribution in [2.45, 2.75) is 39.7 Å². The molecule has 1 fully saturated rings. The summed E-state index contributed by atoms with van der Waals surface area (Å²) in [7, 11) is 0. The van der Waals surface area contributed by atoms with Gasteiger partial charge in [0.1, 0.15) is 0 Å². The molecule has 1 saturated heterocycles. The van der Waals surface area contributed by atoms with Crippen molar-refractivity contribution < 1.29 is 4.74 Å². The van der Waals surface area contributed by atoms with Crippen LogP contribution in [0.5, 0.6) is 0 Å². The average molecular weight is 278 g/mol. The summed E-state index contributed by atoms with van der Waals surface area (Å²) in [5.41, 5.74) is 4.87. The van der Waals surface area contributed by atoms with E-state index in [1.54, 1.807) is 0 Å². The van der Waals surface area contributed by atoms with Crippen molar-refractivity contribution in [3.63, 3.8) is 0 Å². The molecule has 0 aromatic heterocycles. The van der Waals surface area contributed by atoms with E-state index in [0.717, 1.165) is 31.7 Å². The number of ether oxygens (including phenoxy) is 1. The van der Waals surface area contributed by atoms with Gasteiger partial charge in [-0.05, 0) is 68.6 Å². The highest BCUT2D eigenvalue weighted by Crippen LogP contribution is 2.20. The monoisotopic (exact) mass is 278 g/mol. The third-order valence-corrected chi connectivity index (χ3v) is 3.85. The molecule has 0 spiro atoms. The van der Waals surface area contributed by atoms with Crippen molar-refractivity contribution in [2.24, 2.45) is 0 Å². The second-order valence-electron chi connectivity index (χ2n) is 5.22. The number of aryl methyl sites for hydroxylation is 3. The lowest BCUT2D eigenvalue weighted by atomic mass is 10.1. The maximum absolute atomic E-state index is 5.56. The van der Waals surface area contributed by atoms with Crippen LogP contribution in [0.2, 0.25) is 0 Å². The lowest BCUT2D eigenvalue weighted by molar-refractivity contribution is 0.114. The van der Waals surface area contributed by atoms with Crippen LogP contribution < -0.4 is 10.6 Å². The van der Waals surface area contributed by atoms with Gasteiger partial charge in [0.05, 0.1) is 6.10 Å². The average Bonchev–Trinajstić information content (AvgIpc) is 2.86. The van der Waals surface area contributed by atoms with E-state index in [2.05, 4.69) is 43.5 Å². The molecule has 19 heavy (non-hydrogen) atoms. The van der Waals surface area contributed by atoms with E-state index in [9.17, 15) is 0 Å². The molecule has 1 aromatic carbocycles. The summed E-state index contributed by atoms with van der Waals surface area (Å²) in [6.07, 6.45) is 2.58. The van der Waals surface area contributed by atoms with Crippen LogP contribution in [0.4, 0.5) is 5.69 Å². The molecular weight excluding hydrogens is 256 g/mol. The molecule has 1 aromatic rings. The molecular formula is C15H22N2OS. The van der Waals surface area contributed by atoms with Crippen molar-refractivity contribution in [1.82, 2.24) is 5.32 Å². The number of nitrogens with one attached hydrogen (secondary N) is 2. The zero-order valence-corrected chi connectivity index (χ0v) is 12.7. The van der Waals surface area contributed by atoms with E-state index < -0.39 is 0 Å². The van der Waals surface area contributed by atoms with Gasteiger partial charge in [-0.3, -0.25) is 0 Å². The maximum Gasteiger partial charge on any atom is 0.170 e. The Kier molecular flexibility index (Phi) is 4.77. The molecule has 1 unspecified atom stereocenters. The predicted octanol–water partition coefficient (Wildman–Crippen LogP) is 3.08. The molecule has 1 aliphatic heterocycles. The topological polar surface area (TPSA) is 33.3 Å². The van der Waals surface area contributed by atoms with E-state index in [0.29, 0.717) is 11.2 Å². The van der Waals surface area contributed by atoms with E-state index in [1.807, 2.05) is 0 Å². The number of anilines is 1. The van der Waals surface area contributed by atoms with Crippen LogP contribution in [0.25, 0.3) is 0 Å². The fourth-order valence-electron chi connectivity index (χ4n) is 2.27. The fourth-order valence-corrected chi connectivity index (χ4v) is 2.47.